The second-order valence-electron chi connectivity index (χ2n) is 5.66. The van der Waals surface area contributed by atoms with E-state index >= 15 is 0 Å². The summed E-state index contributed by atoms with van der Waals surface area (Å²) < 4.78 is 11.1. The van der Waals surface area contributed by atoms with Crippen molar-refractivity contribution >= 4 is 0 Å². The Bertz CT molecular complexity index is 369. The molecule has 1 N–H and O–H groups in total. The SMILES string of the molecule is CNCc1ccc(OC)cc1OCCC(C)(C)C. The smallest absolute Gasteiger partial charge is 0.127 e. The Labute approximate surface area is 110 Å². The summed E-state index contributed by atoms with van der Waals surface area (Å²) in [6, 6.07) is 5.96. The maximum atomic E-state index is 5.89. The van der Waals surface area contributed by atoms with E-state index in [1.807, 2.05) is 25.2 Å². The van der Waals surface area contributed by atoms with E-state index in [4.69, 9.17) is 9.47 Å². The fraction of sp³-hybridized carbons (Fsp3) is 0.600. The standard InChI is InChI=1S/C15H25NO2/c1-15(2,3)8-9-18-14-10-13(17-5)7-6-12(14)11-16-4/h6-7,10,16H,8-9,11H2,1-5H3. The number of nitrogens with one attached hydrogen (secondary N) is 1. The minimum Gasteiger partial charge on any atom is -0.497 e. The lowest BCUT2D eigenvalue weighted by Gasteiger charge is -2.19. The molecule has 18 heavy (non-hydrogen) atoms. The monoisotopic (exact) mass is 251 g/mol. The molecule has 3 nitrogen and oxygen atoms in total. The Morgan fingerprint density at radius 3 is 2.50 bits per heavy atom. The van der Waals surface area contributed by atoms with Crippen molar-refractivity contribution in [3.05, 3.63) is 23.8 Å². The Balaban J connectivity index is 2.71. The molecule has 0 aliphatic carbocycles. The van der Waals surface area contributed by atoms with Gasteiger partial charge in [0.05, 0.1) is 13.7 Å². The number of hydrogen-bond acceptors (Lipinski definition) is 3. The molecule has 1 aromatic rings. The molecule has 0 saturated carbocycles. The normalized spacial score (nSPS) is 11.4. The first-order valence-electron chi connectivity index (χ1n) is 6.40. The third-order valence-corrected chi connectivity index (χ3v) is 2.75. The van der Waals surface area contributed by atoms with Crippen molar-refractivity contribution < 1.29 is 9.47 Å². The zero-order valence-electron chi connectivity index (χ0n) is 12.2. The van der Waals surface area contributed by atoms with Crippen LogP contribution in [0.1, 0.15) is 32.8 Å². The van der Waals surface area contributed by atoms with Crippen LogP contribution in [0.25, 0.3) is 0 Å². The van der Waals surface area contributed by atoms with Crippen LogP contribution in [0.5, 0.6) is 11.5 Å². The van der Waals surface area contributed by atoms with Crippen molar-refractivity contribution in [2.75, 3.05) is 20.8 Å². The molecular formula is C15H25NO2. The van der Waals surface area contributed by atoms with Gasteiger partial charge in [0.2, 0.25) is 0 Å². The summed E-state index contributed by atoms with van der Waals surface area (Å²) in [5.41, 5.74) is 1.45. The predicted octanol–water partition coefficient (Wildman–Crippen LogP) is 3.23. The lowest BCUT2D eigenvalue weighted by Crippen LogP contribution is -2.13. The van der Waals surface area contributed by atoms with Crippen molar-refractivity contribution in [2.45, 2.75) is 33.7 Å². The third-order valence-electron chi connectivity index (χ3n) is 2.75. The molecular weight excluding hydrogens is 226 g/mol. The summed E-state index contributed by atoms with van der Waals surface area (Å²) in [5.74, 6) is 1.74. The van der Waals surface area contributed by atoms with Crippen LogP contribution < -0.4 is 14.8 Å². The highest BCUT2D eigenvalue weighted by Gasteiger charge is 2.11. The number of ether oxygens (including phenoxy) is 2. The highest BCUT2D eigenvalue weighted by molar-refractivity contribution is 5.40. The lowest BCUT2D eigenvalue weighted by molar-refractivity contribution is 0.240. The molecule has 0 amide bonds. The van der Waals surface area contributed by atoms with E-state index in [0.717, 1.165) is 36.6 Å². The van der Waals surface area contributed by atoms with Crippen LogP contribution in [-0.2, 0) is 6.54 Å². The average molecular weight is 251 g/mol. The van der Waals surface area contributed by atoms with E-state index in [-0.39, 0.29) is 0 Å². The van der Waals surface area contributed by atoms with Crippen LogP contribution in [-0.4, -0.2) is 20.8 Å². The van der Waals surface area contributed by atoms with E-state index in [1.54, 1.807) is 7.11 Å². The number of hydrogen-bond donors (Lipinski definition) is 1. The first kappa shape index (κ1) is 14.8. The Morgan fingerprint density at radius 2 is 1.94 bits per heavy atom. The zero-order valence-corrected chi connectivity index (χ0v) is 12.2. The van der Waals surface area contributed by atoms with E-state index in [0.29, 0.717) is 5.41 Å². The first-order valence-corrected chi connectivity index (χ1v) is 6.40. The highest BCUT2D eigenvalue weighted by Crippen LogP contribution is 2.26. The molecule has 0 atom stereocenters. The summed E-state index contributed by atoms with van der Waals surface area (Å²) in [4.78, 5) is 0. The van der Waals surface area contributed by atoms with Crippen LogP contribution in [0.15, 0.2) is 18.2 Å². The molecule has 0 aromatic heterocycles. The molecule has 0 bridgehead atoms. The molecule has 0 fully saturated rings. The zero-order chi connectivity index (χ0) is 13.6. The average Bonchev–Trinajstić information content (AvgIpc) is 2.30. The van der Waals surface area contributed by atoms with Crippen LogP contribution in [0.2, 0.25) is 0 Å². The summed E-state index contributed by atoms with van der Waals surface area (Å²) in [7, 11) is 3.61. The summed E-state index contributed by atoms with van der Waals surface area (Å²) >= 11 is 0. The largest absolute Gasteiger partial charge is 0.497 e. The fourth-order valence-electron chi connectivity index (χ4n) is 1.60. The van der Waals surface area contributed by atoms with Gasteiger partial charge in [-0.15, -0.1) is 0 Å². The molecule has 0 unspecified atom stereocenters. The minimum atomic E-state index is 0.294. The molecule has 1 aromatic carbocycles. The lowest BCUT2D eigenvalue weighted by atomic mass is 9.93. The molecule has 0 aliphatic heterocycles. The van der Waals surface area contributed by atoms with Gasteiger partial charge in [0.1, 0.15) is 11.5 Å². The first-order chi connectivity index (χ1) is 8.46. The molecule has 0 heterocycles. The van der Waals surface area contributed by atoms with Gasteiger partial charge in [-0.2, -0.15) is 0 Å². The second kappa shape index (κ2) is 6.64. The number of methoxy groups -OCH3 is 1. The van der Waals surface area contributed by atoms with E-state index in [1.165, 1.54) is 0 Å². The molecule has 3 heteroatoms. The number of benzene rings is 1. The van der Waals surface area contributed by atoms with Crippen molar-refractivity contribution in [2.24, 2.45) is 5.41 Å². The minimum absolute atomic E-state index is 0.294. The van der Waals surface area contributed by atoms with Crippen molar-refractivity contribution in [3.63, 3.8) is 0 Å². The molecule has 0 spiro atoms. The van der Waals surface area contributed by atoms with Gasteiger partial charge in [-0.05, 0) is 24.9 Å². The van der Waals surface area contributed by atoms with Crippen LogP contribution in [0.3, 0.4) is 0 Å². The van der Waals surface area contributed by atoms with Crippen LogP contribution in [0.4, 0.5) is 0 Å². The summed E-state index contributed by atoms with van der Waals surface area (Å²) in [5, 5.41) is 3.15. The Kier molecular flexibility index (Phi) is 5.48. The van der Waals surface area contributed by atoms with Gasteiger partial charge in [0.15, 0.2) is 0 Å². The maximum absolute atomic E-state index is 5.89. The second-order valence-corrected chi connectivity index (χ2v) is 5.66. The fourth-order valence-corrected chi connectivity index (χ4v) is 1.60. The predicted molar refractivity (Wildman–Crippen MR) is 75.3 cm³/mol. The quantitative estimate of drug-likeness (QED) is 0.842. The van der Waals surface area contributed by atoms with Crippen molar-refractivity contribution in [3.8, 4) is 11.5 Å². The van der Waals surface area contributed by atoms with Gasteiger partial charge in [0.25, 0.3) is 0 Å². The van der Waals surface area contributed by atoms with Gasteiger partial charge in [-0.1, -0.05) is 26.8 Å². The Hall–Kier alpha value is -1.22. The molecule has 102 valence electrons. The molecule has 0 radical (unpaired) electrons. The van der Waals surface area contributed by atoms with Crippen molar-refractivity contribution in [1.29, 1.82) is 0 Å². The van der Waals surface area contributed by atoms with Crippen LogP contribution >= 0.6 is 0 Å². The van der Waals surface area contributed by atoms with E-state index in [9.17, 15) is 0 Å². The third kappa shape index (κ3) is 4.96. The van der Waals surface area contributed by atoms with Gasteiger partial charge >= 0.3 is 0 Å². The molecule has 1 rings (SSSR count). The van der Waals surface area contributed by atoms with E-state index < -0.39 is 0 Å². The highest BCUT2D eigenvalue weighted by atomic mass is 16.5. The van der Waals surface area contributed by atoms with Crippen LogP contribution in [0, 0.1) is 5.41 Å². The van der Waals surface area contributed by atoms with E-state index in [2.05, 4.69) is 26.1 Å². The summed E-state index contributed by atoms with van der Waals surface area (Å²) in [6.45, 7) is 8.19. The topological polar surface area (TPSA) is 30.5 Å². The summed E-state index contributed by atoms with van der Waals surface area (Å²) in [6.07, 6.45) is 1.03. The van der Waals surface area contributed by atoms with Gasteiger partial charge in [-0.3, -0.25) is 0 Å². The number of rotatable bonds is 6. The van der Waals surface area contributed by atoms with Crippen molar-refractivity contribution in [1.82, 2.24) is 5.32 Å². The molecule has 0 aliphatic rings. The Morgan fingerprint density at radius 1 is 1.22 bits per heavy atom. The maximum Gasteiger partial charge on any atom is 0.127 e. The van der Waals surface area contributed by atoms with Gasteiger partial charge in [-0.25, -0.2) is 0 Å². The molecule has 0 saturated heterocycles. The van der Waals surface area contributed by atoms with Gasteiger partial charge < -0.3 is 14.8 Å². The van der Waals surface area contributed by atoms with Gasteiger partial charge in [0, 0.05) is 18.2 Å².